The van der Waals surface area contributed by atoms with Gasteiger partial charge in [0.2, 0.25) is 0 Å². The van der Waals surface area contributed by atoms with Crippen molar-refractivity contribution in [1.82, 2.24) is 0 Å². The number of hydrogen-bond donors (Lipinski definition) is 0. The SMILES string of the molecule is CC1(C(=O)Cc2cc(F)ccc2Br)CCCS1. The topological polar surface area (TPSA) is 17.1 Å². The Labute approximate surface area is 113 Å². The van der Waals surface area contributed by atoms with Crippen LogP contribution in [0.4, 0.5) is 4.39 Å². The predicted octanol–water partition coefficient (Wildman–Crippen LogP) is 3.99. The summed E-state index contributed by atoms with van der Waals surface area (Å²) in [6.07, 6.45) is 2.34. The molecule has 0 spiro atoms. The van der Waals surface area contributed by atoms with E-state index < -0.39 is 0 Å². The fraction of sp³-hybridized carbons (Fsp3) is 0.462. The fourth-order valence-corrected chi connectivity index (χ4v) is 3.69. The normalized spacial score (nSPS) is 23.9. The van der Waals surface area contributed by atoms with Crippen molar-refractivity contribution < 1.29 is 9.18 Å². The van der Waals surface area contributed by atoms with E-state index in [4.69, 9.17) is 0 Å². The smallest absolute Gasteiger partial charge is 0.152 e. The van der Waals surface area contributed by atoms with Gasteiger partial charge in [-0.3, -0.25) is 4.79 Å². The molecule has 0 N–H and O–H groups in total. The standard InChI is InChI=1S/C13H14BrFOS/c1-13(5-2-6-17-13)12(16)8-9-7-10(15)3-4-11(9)14/h3-4,7H,2,5-6,8H2,1H3. The molecule has 2 rings (SSSR count). The van der Waals surface area contributed by atoms with E-state index in [1.165, 1.54) is 12.1 Å². The summed E-state index contributed by atoms with van der Waals surface area (Å²) in [5, 5.41) is 0. The van der Waals surface area contributed by atoms with E-state index in [0.29, 0.717) is 6.42 Å². The summed E-state index contributed by atoms with van der Waals surface area (Å²) in [5.74, 6) is 0.957. The first kappa shape index (κ1) is 13.1. The summed E-state index contributed by atoms with van der Waals surface area (Å²) in [7, 11) is 0. The van der Waals surface area contributed by atoms with Gasteiger partial charge in [-0.15, -0.1) is 11.8 Å². The van der Waals surface area contributed by atoms with E-state index in [9.17, 15) is 9.18 Å². The second kappa shape index (κ2) is 5.11. The zero-order chi connectivity index (χ0) is 12.5. The van der Waals surface area contributed by atoms with Crippen LogP contribution in [0.3, 0.4) is 0 Å². The van der Waals surface area contributed by atoms with Crippen molar-refractivity contribution >= 4 is 33.5 Å². The molecule has 0 bridgehead atoms. The number of benzene rings is 1. The number of thioether (sulfide) groups is 1. The Balaban J connectivity index is 2.15. The maximum Gasteiger partial charge on any atom is 0.152 e. The molecule has 0 aromatic heterocycles. The van der Waals surface area contributed by atoms with E-state index in [-0.39, 0.29) is 16.3 Å². The average Bonchev–Trinajstić information content (AvgIpc) is 2.72. The van der Waals surface area contributed by atoms with Crippen LogP contribution < -0.4 is 0 Å². The Morgan fingerprint density at radius 3 is 3.00 bits per heavy atom. The first-order valence-corrected chi connectivity index (χ1v) is 7.40. The number of carbonyl (C=O) groups is 1. The number of hydrogen-bond acceptors (Lipinski definition) is 2. The molecule has 0 saturated carbocycles. The highest BCUT2D eigenvalue weighted by molar-refractivity contribution is 9.10. The van der Waals surface area contributed by atoms with E-state index >= 15 is 0 Å². The number of Topliss-reactive ketones (excluding diaryl/α,β-unsaturated/α-hetero) is 1. The minimum atomic E-state index is -0.291. The van der Waals surface area contributed by atoms with Gasteiger partial charge in [-0.2, -0.15) is 0 Å². The second-order valence-electron chi connectivity index (χ2n) is 4.52. The van der Waals surface area contributed by atoms with Crippen molar-refractivity contribution in [2.75, 3.05) is 5.75 Å². The van der Waals surface area contributed by atoms with Crippen LogP contribution >= 0.6 is 27.7 Å². The zero-order valence-corrected chi connectivity index (χ0v) is 12.0. The van der Waals surface area contributed by atoms with Crippen molar-refractivity contribution in [2.24, 2.45) is 0 Å². The molecule has 92 valence electrons. The fourth-order valence-electron chi connectivity index (χ4n) is 2.04. The van der Waals surface area contributed by atoms with Gasteiger partial charge in [0.15, 0.2) is 5.78 Å². The van der Waals surface area contributed by atoms with E-state index in [1.54, 1.807) is 17.8 Å². The molecule has 1 aromatic carbocycles. The Morgan fingerprint density at radius 1 is 1.59 bits per heavy atom. The van der Waals surface area contributed by atoms with Gasteiger partial charge < -0.3 is 0 Å². The van der Waals surface area contributed by atoms with Crippen molar-refractivity contribution in [2.45, 2.75) is 30.9 Å². The molecule has 0 radical (unpaired) electrons. The molecular formula is C13H14BrFOS. The van der Waals surface area contributed by atoms with Crippen LogP contribution in [0.25, 0.3) is 0 Å². The monoisotopic (exact) mass is 316 g/mol. The number of halogens is 2. The first-order valence-electron chi connectivity index (χ1n) is 5.62. The minimum absolute atomic E-state index is 0.200. The maximum absolute atomic E-state index is 13.1. The molecule has 1 aliphatic heterocycles. The Hall–Kier alpha value is -0.350. The highest BCUT2D eigenvalue weighted by atomic mass is 79.9. The largest absolute Gasteiger partial charge is 0.298 e. The maximum atomic E-state index is 13.1. The molecule has 1 unspecified atom stereocenters. The molecule has 0 amide bonds. The number of rotatable bonds is 3. The summed E-state index contributed by atoms with van der Waals surface area (Å²) in [6, 6.07) is 4.48. The van der Waals surface area contributed by atoms with Crippen LogP contribution in [0.1, 0.15) is 25.3 Å². The predicted molar refractivity (Wildman–Crippen MR) is 72.9 cm³/mol. The van der Waals surface area contributed by atoms with Crippen LogP contribution in [0.2, 0.25) is 0 Å². The highest BCUT2D eigenvalue weighted by Gasteiger charge is 2.36. The van der Waals surface area contributed by atoms with E-state index in [2.05, 4.69) is 15.9 Å². The molecule has 1 atom stereocenters. The average molecular weight is 317 g/mol. The van der Waals surface area contributed by atoms with Gasteiger partial charge in [0.05, 0.1) is 4.75 Å². The van der Waals surface area contributed by atoms with Crippen LogP contribution in [-0.2, 0) is 11.2 Å². The number of carbonyl (C=O) groups excluding carboxylic acids is 1. The van der Waals surface area contributed by atoms with Gasteiger partial charge in [-0.1, -0.05) is 15.9 Å². The van der Waals surface area contributed by atoms with Crippen LogP contribution in [0.5, 0.6) is 0 Å². The quantitative estimate of drug-likeness (QED) is 0.839. The molecule has 4 heteroatoms. The Morgan fingerprint density at radius 2 is 2.35 bits per heavy atom. The lowest BCUT2D eigenvalue weighted by Gasteiger charge is -2.21. The summed E-state index contributed by atoms with van der Waals surface area (Å²) in [4.78, 5) is 12.2. The Kier molecular flexibility index (Phi) is 3.93. The lowest BCUT2D eigenvalue weighted by Crippen LogP contribution is -2.30. The van der Waals surface area contributed by atoms with Crippen LogP contribution in [-0.4, -0.2) is 16.3 Å². The van der Waals surface area contributed by atoms with Gasteiger partial charge in [-0.05, 0) is 49.3 Å². The van der Waals surface area contributed by atoms with Crippen molar-refractivity contribution in [3.63, 3.8) is 0 Å². The molecule has 1 aliphatic rings. The number of ketones is 1. The highest BCUT2D eigenvalue weighted by Crippen LogP contribution is 2.39. The zero-order valence-electron chi connectivity index (χ0n) is 9.63. The summed E-state index contributed by atoms with van der Waals surface area (Å²) >= 11 is 5.08. The molecular weight excluding hydrogens is 303 g/mol. The third-order valence-corrected chi connectivity index (χ3v) is 5.50. The van der Waals surface area contributed by atoms with E-state index in [1.807, 2.05) is 6.92 Å². The summed E-state index contributed by atoms with van der Waals surface area (Å²) < 4.78 is 13.7. The molecule has 0 aliphatic carbocycles. The lowest BCUT2D eigenvalue weighted by molar-refractivity contribution is -0.120. The van der Waals surface area contributed by atoms with Crippen molar-refractivity contribution in [3.05, 3.63) is 34.1 Å². The molecule has 17 heavy (non-hydrogen) atoms. The van der Waals surface area contributed by atoms with Gasteiger partial charge in [0, 0.05) is 10.9 Å². The lowest BCUT2D eigenvalue weighted by atomic mass is 9.95. The third kappa shape index (κ3) is 2.91. The molecule has 1 saturated heterocycles. The van der Waals surface area contributed by atoms with Gasteiger partial charge in [0.1, 0.15) is 5.82 Å². The summed E-state index contributed by atoms with van der Waals surface area (Å²) in [6.45, 7) is 2.00. The Bertz CT molecular complexity index is 441. The molecule has 1 nitrogen and oxygen atoms in total. The van der Waals surface area contributed by atoms with E-state index in [0.717, 1.165) is 28.6 Å². The minimum Gasteiger partial charge on any atom is -0.298 e. The third-order valence-electron chi connectivity index (χ3n) is 3.17. The molecule has 1 heterocycles. The second-order valence-corrected chi connectivity index (χ2v) is 6.97. The van der Waals surface area contributed by atoms with Crippen molar-refractivity contribution in [1.29, 1.82) is 0 Å². The summed E-state index contributed by atoms with van der Waals surface area (Å²) in [5.41, 5.74) is 0.740. The van der Waals surface area contributed by atoms with Crippen LogP contribution in [0.15, 0.2) is 22.7 Å². The molecule has 1 fully saturated rings. The van der Waals surface area contributed by atoms with Crippen molar-refractivity contribution in [3.8, 4) is 0 Å². The van der Waals surface area contributed by atoms with Gasteiger partial charge in [0.25, 0.3) is 0 Å². The molecule has 1 aromatic rings. The van der Waals surface area contributed by atoms with Gasteiger partial charge >= 0.3 is 0 Å². The van der Waals surface area contributed by atoms with Gasteiger partial charge in [-0.25, -0.2) is 4.39 Å². The first-order chi connectivity index (χ1) is 8.01. The van der Waals surface area contributed by atoms with Crippen LogP contribution in [0, 0.1) is 5.82 Å².